The second-order valence-electron chi connectivity index (χ2n) is 8.31. The highest BCUT2D eigenvalue weighted by Crippen LogP contribution is 2.36. The maximum absolute atomic E-state index is 6.13. The Labute approximate surface area is 152 Å². The fraction of sp³-hybridized carbons (Fsp3) is 0.700. The largest absolute Gasteiger partial charge is 0.494 e. The normalized spacial score (nSPS) is 23.0. The monoisotopic (exact) mass is 346 g/mol. The van der Waals surface area contributed by atoms with Crippen molar-refractivity contribution in [2.75, 3.05) is 19.8 Å². The number of hydrogen-bond donors (Lipinski definition) is 0. The fourth-order valence-electron chi connectivity index (χ4n) is 3.33. The number of benzene rings is 1. The summed E-state index contributed by atoms with van der Waals surface area (Å²) in [6.45, 7) is 12.9. The van der Waals surface area contributed by atoms with Gasteiger partial charge in [0.1, 0.15) is 5.75 Å². The molecule has 0 atom stereocenters. The number of ether oxygens (including phenoxy) is 2. The lowest BCUT2D eigenvalue weighted by Crippen LogP contribution is -2.41. The summed E-state index contributed by atoms with van der Waals surface area (Å²) in [7, 11) is -0.319. The standard InChI is InChI=1S/C20H31BO4/c1-15-14-17(21-24-19(2,3)20(4,5)25-21)6-7-18(15)23-13-10-16-8-11-22-12-9-16/h6-7,14,16H,8-13H2,1-5H3. The second kappa shape index (κ2) is 7.30. The van der Waals surface area contributed by atoms with E-state index >= 15 is 0 Å². The molecular weight excluding hydrogens is 315 g/mol. The van der Waals surface area contributed by atoms with Gasteiger partial charge in [0.2, 0.25) is 0 Å². The predicted octanol–water partition coefficient (Wildman–Crippen LogP) is 3.49. The zero-order valence-electron chi connectivity index (χ0n) is 16.3. The molecule has 5 heteroatoms. The van der Waals surface area contributed by atoms with E-state index in [0.717, 1.165) is 61.8 Å². The zero-order valence-corrected chi connectivity index (χ0v) is 16.3. The van der Waals surface area contributed by atoms with E-state index in [1.807, 2.05) is 6.07 Å². The van der Waals surface area contributed by atoms with Gasteiger partial charge in [0.05, 0.1) is 17.8 Å². The lowest BCUT2D eigenvalue weighted by atomic mass is 9.78. The van der Waals surface area contributed by atoms with Crippen LogP contribution in [0.4, 0.5) is 0 Å². The number of rotatable bonds is 5. The minimum atomic E-state index is -0.319. The first-order valence-electron chi connectivity index (χ1n) is 9.45. The van der Waals surface area contributed by atoms with E-state index in [1.165, 1.54) is 0 Å². The highest BCUT2D eigenvalue weighted by atomic mass is 16.7. The minimum absolute atomic E-state index is 0.315. The van der Waals surface area contributed by atoms with Crippen LogP contribution in [0.2, 0.25) is 0 Å². The van der Waals surface area contributed by atoms with Crippen molar-refractivity contribution < 1.29 is 18.8 Å². The Balaban J connectivity index is 1.58. The SMILES string of the molecule is Cc1cc(B2OC(C)(C)C(C)(C)O2)ccc1OCCC1CCOCC1. The summed E-state index contributed by atoms with van der Waals surface area (Å²) < 4.78 is 23.7. The third-order valence-electron chi connectivity index (χ3n) is 5.85. The molecule has 0 unspecified atom stereocenters. The summed E-state index contributed by atoms with van der Waals surface area (Å²) >= 11 is 0. The molecule has 2 aliphatic heterocycles. The summed E-state index contributed by atoms with van der Waals surface area (Å²) in [5, 5.41) is 0. The molecule has 2 aliphatic rings. The third-order valence-corrected chi connectivity index (χ3v) is 5.85. The molecule has 0 saturated carbocycles. The van der Waals surface area contributed by atoms with E-state index in [0.29, 0.717) is 0 Å². The van der Waals surface area contributed by atoms with Gasteiger partial charge in [0.15, 0.2) is 0 Å². The molecule has 2 fully saturated rings. The van der Waals surface area contributed by atoms with Gasteiger partial charge in [-0.1, -0.05) is 12.1 Å². The van der Waals surface area contributed by atoms with Gasteiger partial charge in [-0.2, -0.15) is 0 Å². The summed E-state index contributed by atoms with van der Waals surface area (Å²) in [6, 6.07) is 6.21. The molecule has 1 aromatic rings. The Bertz CT molecular complexity index is 577. The van der Waals surface area contributed by atoms with E-state index in [2.05, 4.69) is 46.8 Å². The zero-order chi connectivity index (χ0) is 18.1. The highest BCUT2D eigenvalue weighted by Gasteiger charge is 2.51. The van der Waals surface area contributed by atoms with Crippen molar-refractivity contribution in [1.29, 1.82) is 0 Å². The molecule has 2 saturated heterocycles. The molecule has 0 aromatic heterocycles. The summed E-state index contributed by atoms with van der Waals surface area (Å²) in [4.78, 5) is 0. The molecular formula is C20H31BO4. The molecule has 138 valence electrons. The second-order valence-corrected chi connectivity index (χ2v) is 8.31. The molecule has 1 aromatic carbocycles. The van der Waals surface area contributed by atoms with Crippen LogP contribution < -0.4 is 10.2 Å². The molecule has 25 heavy (non-hydrogen) atoms. The molecule has 2 heterocycles. The van der Waals surface area contributed by atoms with Gasteiger partial charge in [0.25, 0.3) is 0 Å². The first-order valence-corrected chi connectivity index (χ1v) is 9.45. The maximum Gasteiger partial charge on any atom is 0.494 e. The summed E-state index contributed by atoms with van der Waals surface area (Å²) in [6.07, 6.45) is 3.41. The van der Waals surface area contributed by atoms with Crippen LogP contribution in [0.3, 0.4) is 0 Å². The molecule has 0 aliphatic carbocycles. The number of aryl methyl sites for hydroxylation is 1. The predicted molar refractivity (Wildman–Crippen MR) is 101 cm³/mol. The van der Waals surface area contributed by atoms with Crippen molar-refractivity contribution in [3.63, 3.8) is 0 Å². The van der Waals surface area contributed by atoms with Gasteiger partial charge in [-0.25, -0.2) is 0 Å². The first-order chi connectivity index (χ1) is 11.8. The van der Waals surface area contributed by atoms with Crippen molar-refractivity contribution in [3.05, 3.63) is 23.8 Å². The Morgan fingerprint density at radius 2 is 1.72 bits per heavy atom. The molecule has 0 amide bonds. The third kappa shape index (κ3) is 4.21. The van der Waals surface area contributed by atoms with Gasteiger partial charge in [0, 0.05) is 13.2 Å². The Hall–Kier alpha value is -1.04. The molecule has 0 N–H and O–H groups in total. The van der Waals surface area contributed by atoms with E-state index in [1.54, 1.807) is 0 Å². The maximum atomic E-state index is 6.13. The van der Waals surface area contributed by atoms with Crippen LogP contribution in [0, 0.1) is 12.8 Å². The molecule has 0 radical (unpaired) electrons. The lowest BCUT2D eigenvalue weighted by Gasteiger charge is -2.32. The molecule has 4 nitrogen and oxygen atoms in total. The van der Waals surface area contributed by atoms with Crippen molar-refractivity contribution >= 4 is 12.6 Å². The van der Waals surface area contributed by atoms with Crippen LogP contribution in [0.25, 0.3) is 0 Å². The van der Waals surface area contributed by atoms with Gasteiger partial charge in [-0.3, -0.25) is 0 Å². The fourth-order valence-corrected chi connectivity index (χ4v) is 3.33. The van der Waals surface area contributed by atoms with Crippen molar-refractivity contribution in [2.24, 2.45) is 5.92 Å². The van der Waals surface area contributed by atoms with E-state index in [4.69, 9.17) is 18.8 Å². The molecule has 0 bridgehead atoms. The number of hydrogen-bond acceptors (Lipinski definition) is 4. The van der Waals surface area contributed by atoms with Gasteiger partial charge in [-0.15, -0.1) is 0 Å². The van der Waals surface area contributed by atoms with Gasteiger partial charge >= 0.3 is 7.12 Å². The van der Waals surface area contributed by atoms with Crippen molar-refractivity contribution in [1.82, 2.24) is 0 Å². The minimum Gasteiger partial charge on any atom is -0.493 e. The van der Waals surface area contributed by atoms with E-state index in [9.17, 15) is 0 Å². The van der Waals surface area contributed by atoms with Crippen LogP contribution >= 0.6 is 0 Å². The average molecular weight is 346 g/mol. The van der Waals surface area contributed by atoms with Crippen LogP contribution in [0.5, 0.6) is 5.75 Å². The quantitative estimate of drug-likeness (QED) is 0.765. The topological polar surface area (TPSA) is 36.9 Å². The van der Waals surface area contributed by atoms with Crippen molar-refractivity contribution in [2.45, 2.75) is 65.1 Å². The van der Waals surface area contributed by atoms with Gasteiger partial charge < -0.3 is 18.8 Å². The summed E-state index contributed by atoms with van der Waals surface area (Å²) in [5.41, 5.74) is 1.54. The Morgan fingerprint density at radius 1 is 1.08 bits per heavy atom. The van der Waals surface area contributed by atoms with E-state index in [-0.39, 0.29) is 18.3 Å². The van der Waals surface area contributed by atoms with Gasteiger partial charge in [-0.05, 0) is 76.9 Å². The molecule has 0 spiro atoms. The van der Waals surface area contributed by atoms with E-state index < -0.39 is 0 Å². The smallest absolute Gasteiger partial charge is 0.493 e. The van der Waals surface area contributed by atoms with Crippen molar-refractivity contribution in [3.8, 4) is 5.75 Å². The first kappa shape index (κ1) is 18.7. The Morgan fingerprint density at radius 3 is 2.32 bits per heavy atom. The molecule has 3 rings (SSSR count). The van der Waals surface area contributed by atoms with Crippen LogP contribution in [0.1, 0.15) is 52.5 Å². The lowest BCUT2D eigenvalue weighted by molar-refractivity contribution is 0.00578. The Kier molecular flexibility index (Phi) is 5.47. The van der Waals surface area contributed by atoms with Crippen LogP contribution in [-0.2, 0) is 14.0 Å². The summed E-state index contributed by atoms with van der Waals surface area (Å²) in [5.74, 6) is 1.69. The highest BCUT2D eigenvalue weighted by molar-refractivity contribution is 6.62. The van der Waals surface area contributed by atoms with Crippen LogP contribution in [-0.4, -0.2) is 38.1 Å². The van der Waals surface area contributed by atoms with Crippen LogP contribution in [0.15, 0.2) is 18.2 Å². The average Bonchev–Trinajstić information content (AvgIpc) is 2.78.